The van der Waals surface area contributed by atoms with Crippen LogP contribution in [0.2, 0.25) is 0 Å². The zero-order valence-corrected chi connectivity index (χ0v) is 6.22. The Morgan fingerprint density at radius 3 is 2.33 bits per heavy atom. The van der Waals surface area contributed by atoms with Gasteiger partial charge in [-0.05, 0) is 30.1 Å². The van der Waals surface area contributed by atoms with Crippen molar-refractivity contribution in [1.29, 1.82) is 0 Å². The van der Waals surface area contributed by atoms with Crippen molar-refractivity contribution in [1.82, 2.24) is 0 Å². The Kier molecular flexibility index (Phi) is 0.852. The SMILES string of the molecule is CC1CC(N)C2(C)CC12. The fourth-order valence-electron chi connectivity index (χ4n) is 2.53. The molecular weight excluding hydrogens is 110 g/mol. The highest BCUT2D eigenvalue weighted by molar-refractivity contribution is 5.12. The average Bonchev–Trinajstić information content (AvgIpc) is 2.38. The van der Waals surface area contributed by atoms with Crippen LogP contribution in [0.4, 0.5) is 0 Å². The van der Waals surface area contributed by atoms with Crippen molar-refractivity contribution in [3.63, 3.8) is 0 Å². The van der Waals surface area contributed by atoms with Crippen molar-refractivity contribution in [2.45, 2.75) is 32.7 Å². The largest absolute Gasteiger partial charge is 0.327 e. The van der Waals surface area contributed by atoms with Crippen molar-refractivity contribution >= 4 is 0 Å². The van der Waals surface area contributed by atoms with Gasteiger partial charge in [0, 0.05) is 6.04 Å². The van der Waals surface area contributed by atoms with E-state index in [4.69, 9.17) is 5.73 Å². The molecule has 0 amide bonds. The molecule has 0 saturated heterocycles. The second-order valence-corrected chi connectivity index (χ2v) is 4.14. The number of fused-ring (bicyclic) bond motifs is 1. The predicted molar refractivity (Wildman–Crippen MR) is 38.0 cm³/mol. The summed E-state index contributed by atoms with van der Waals surface area (Å²) in [5.74, 6) is 1.89. The van der Waals surface area contributed by atoms with Gasteiger partial charge in [0.05, 0.1) is 0 Å². The molecule has 1 heteroatoms. The smallest absolute Gasteiger partial charge is 0.00984 e. The standard InChI is InChI=1S/C8H15N/c1-5-3-7(9)8(2)4-6(5)8/h5-7H,3-4,9H2,1-2H3. The second kappa shape index (κ2) is 1.34. The summed E-state index contributed by atoms with van der Waals surface area (Å²) >= 11 is 0. The minimum absolute atomic E-state index is 0.512. The lowest BCUT2D eigenvalue weighted by atomic mass is 10.0. The Hall–Kier alpha value is -0.0400. The first-order chi connectivity index (χ1) is 4.14. The van der Waals surface area contributed by atoms with Crippen molar-refractivity contribution in [2.75, 3.05) is 0 Å². The van der Waals surface area contributed by atoms with Crippen LogP contribution in [0.25, 0.3) is 0 Å². The molecule has 0 aromatic rings. The summed E-state index contributed by atoms with van der Waals surface area (Å²) < 4.78 is 0. The maximum absolute atomic E-state index is 5.94. The van der Waals surface area contributed by atoms with Gasteiger partial charge in [0.1, 0.15) is 0 Å². The van der Waals surface area contributed by atoms with Gasteiger partial charge in [0.25, 0.3) is 0 Å². The molecule has 2 rings (SSSR count). The normalized spacial score (nSPS) is 63.7. The third-order valence-corrected chi connectivity index (χ3v) is 3.51. The summed E-state index contributed by atoms with van der Waals surface area (Å²) in [7, 11) is 0. The van der Waals surface area contributed by atoms with Crippen molar-refractivity contribution in [3.05, 3.63) is 0 Å². The summed E-state index contributed by atoms with van der Waals surface area (Å²) in [6, 6.07) is 0.512. The number of nitrogens with two attached hydrogens (primary N) is 1. The summed E-state index contributed by atoms with van der Waals surface area (Å²) in [4.78, 5) is 0. The van der Waals surface area contributed by atoms with Crippen LogP contribution in [-0.4, -0.2) is 6.04 Å². The molecule has 52 valence electrons. The quantitative estimate of drug-likeness (QED) is 0.520. The van der Waals surface area contributed by atoms with Gasteiger partial charge < -0.3 is 5.73 Å². The fraction of sp³-hybridized carbons (Fsp3) is 1.00. The maximum atomic E-state index is 5.94. The van der Waals surface area contributed by atoms with E-state index < -0.39 is 0 Å². The highest BCUT2D eigenvalue weighted by Gasteiger charge is 2.61. The van der Waals surface area contributed by atoms with Crippen LogP contribution in [0.3, 0.4) is 0 Å². The first kappa shape index (κ1) is 5.72. The van der Waals surface area contributed by atoms with E-state index in [2.05, 4.69) is 13.8 Å². The van der Waals surface area contributed by atoms with Crippen molar-refractivity contribution < 1.29 is 0 Å². The van der Waals surface area contributed by atoms with E-state index >= 15 is 0 Å². The molecule has 0 heterocycles. The summed E-state index contributed by atoms with van der Waals surface area (Å²) in [5.41, 5.74) is 6.51. The monoisotopic (exact) mass is 125 g/mol. The molecule has 0 bridgehead atoms. The van der Waals surface area contributed by atoms with Crippen LogP contribution < -0.4 is 5.73 Å². The van der Waals surface area contributed by atoms with E-state index in [1.54, 1.807) is 0 Å². The number of hydrogen-bond acceptors (Lipinski definition) is 1. The third-order valence-electron chi connectivity index (χ3n) is 3.51. The zero-order chi connectivity index (χ0) is 6.65. The fourth-order valence-corrected chi connectivity index (χ4v) is 2.53. The minimum Gasteiger partial charge on any atom is -0.327 e. The number of hydrogen-bond donors (Lipinski definition) is 1. The molecule has 2 aliphatic carbocycles. The van der Waals surface area contributed by atoms with Gasteiger partial charge in [0.15, 0.2) is 0 Å². The van der Waals surface area contributed by atoms with Gasteiger partial charge in [-0.15, -0.1) is 0 Å². The van der Waals surface area contributed by atoms with Crippen LogP contribution in [-0.2, 0) is 0 Å². The van der Waals surface area contributed by atoms with Gasteiger partial charge in [-0.25, -0.2) is 0 Å². The highest BCUT2D eigenvalue weighted by Crippen LogP contribution is 2.64. The molecule has 1 nitrogen and oxygen atoms in total. The summed E-state index contributed by atoms with van der Waals surface area (Å²) in [6.45, 7) is 4.68. The molecule has 0 aromatic heterocycles. The molecule has 0 radical (unpaired) electrons. The van der Waals surface area contributed by atoms with E-state index in [-0.39, 0.29) is 0 Å². The lowest BCUT2D eigenvalue weighted by molar-refractivity contribution is 0.455. The summed E-state index contributed by atoms with van der Waals surface area (Å²) in [6.07, 6.45) is 2.66. The Labute approximate surface area is 56.6 Å². The molecule has 4 unspecified atom stereocenters. The molecule has 0 spiro atoms. The zero-order valence-electron chi connectivity index (χ0n) is 6.22. The van der Waals surface area contributed by atoms with Crippen molar-refractivity contribution in [3.8, 4) is 0 Å². The Bertz CT molecular complexity index is 140. The minimum atomic E-state index is 0.512. The van der Waals surface area contributed by atoms with E-state index in [9.17, 15) is 0 Å². The number of rotatable bonds is 0. The lowest BCUT2D eigenvalue weighted by Gasteiger charge is -2.12. The molecule has 0 aliphatic heterocycles. The van der Waals surface area contributed by atoms with E-state index in [1.165, 1.54) is 12.8 Å². The first-order valence-corrected chi connectivity index (χ1v) is 3.90. The third kappa shape index (κ3) is 0.536. The Morgan fingerprint density at radius 2 is 2.22 bits per heavy atom. The van der Waals surface area contributed by atoms with Gasteiger partial charge in [0.2, 0.25) is 0 Å². The van der Waals surface area contributed by atoms with Gasteiger partial charge in [-0.2, -0.15) is 0 Å². The van der Waals surface area contributed by atoms with Crippen LogP contribution >= 0.6 is 0 Å². The highest BCUT2D eigenvalue weighted by atomic mass is 14.8. The van der Waals surface area contributed by atoms with E-state index in [0.29, 0.717) is 11.5 Å². The molecule has 2 N–H and O–H groups in total. The van der Waals surface area contributed by atoms with Crippen LogP contribution in [0.1, 0.15) is 26.7 Å². The Balaban J connectivity index is 2.19. The van der Waals surface area contributed by atoms with Gasteiger partial charge in [-0.3, -0.25) is 0 Å². The molecule has 2 fully saturated rings. The average molecular weight is 125 g/mol. The molecule has 9 heavy (non-hydrogen) atoms. The van der Waals surface area contributed by atoms with Crippen LogP contribution in [0, 0.1) is 17.3 Å². The topological polar surface area (TPSA) is 26.0 Å². The van der Waals surface area contributed by atoms with E-state index in [0.717, 1.165) is 11.8 Å². The van der Waals surface area contributed by atoms with Crippen LogP contribution in [0.15, 0.2) is 0 Å². The van der Waals surface area contributed by atoms with Crippen molar-refractivity contribution in [2.24, 2.45) is 23.0 Å². The predicted octanol–water partition coefficient (Wildman–Crippen LogP) is 1.38. The molecule has 4 atom stereocenters. The van der Waals surface area contributed by atoms with E-state index in [1.807, 2.05) is 0 Å². The summed E-state index contributed by atoms with van der Waals surface area (Å²) in [5, 5.41) is 0. The Morgan fingerprint density at radius 1 is 1.56 bits per heavy atom. The van der Waals surface area contributed by atoms with Gasteiger partial charge in [-0.1, -0.05) is 13.8 Å². The molecule has 2 aliphatic rings. The maximum Gasteiger partial charge on any atom is 0.00984 e. The lowest BCUT2D eigenvalue weighted by Crippen LogP contribution is -2.26. The molecule has 0 aromatic carbocycles. The molecule has 2 saturated carbocycles. The van der Waals surface area contributed by atoms with Crippen LogP contribution in [0.5, 0.6) is 0 Å². The molecular formula is C8H15N. The second-order valence-electron chi connectivity index (χ2n) is 4.14. The van der Waals surface area contributed by atoms with Gasteiger partial charge >= 0.3 is 0 Å². The first-order valence-electron chi connectivity index (χ1n) is 3.90.